The second-order valence-corrected chi connectivity index (χ2v) is 3.17. The van der Waals surface area contributed by atoms with Crippen molar-refractivity contribution < 1.29 is 4.79 Å². The summed E-state index contributed by atoms with van der Waals surface area (Å²) in [5.74, 6) is 0.234. The minimum absolute atomic E-state index is 0.00750. The maximum absolute atomic E-state index is 11.4. The number of nitrogens with zero attached hydrogens (tertiary/aromatic N) is 1. The third-order valence-corrected chi connectivity index (χ3v) is 2.19. The van der Waals surface area contributed by atoms with Crippen LogP contribution < -0.4 is 5.73 Å². The lowest BCUT2D eigenvalue weighted by Crippen LogP contribution is -2.35. The normalized spacial score (nSPS) is 20.4. The van der Waals surface area contributed by atoms with Crippen LogP contribution in [-0.4, -0.2) is 30.4 Å². The van der Waals surface area contributed by atoms with Crippen LogP contribution in [0.2, 0.25) is 0 Å². The Morgan fingerprint density at radius 2 is 2.09 bits per heavy atom. The number of rotatable bonds is 2. The Bertz CT molecular complexity index is 141. The minimum atomic E-state index is 0.00750. The van der Waals surface area contributed by atoms with Gasteiger partial charge < -0.3 is 10.6 Å². The fourth-order valence-corrected chi connectivity index (χ4v) is 1.35. The molecule has 64 valence electrons. The fourth-order valence-electron chi connectivity index (χ4n) is 1.35. The van der Waals surface area contributed by atoms with Gasteiger partial charge in [0.25, 0.3) is 0 Å². The van der Waals surface area contributed by atoms with E-state index in [0.717, 1.165) is 25.9 Å². The van der Waals surface area contributed by atoms with E-state index in [4.69, 9.17) is 5.73 Å². The predicted octanol–water partition coefficient (Wildman–Crippen LogP) is 0.204. The van der Waals surface area contributed by atoms with Crippen molar-refractivity contribution in [2.75, 3.05) is 19.6 Å². The number of nitrogens with two attached hydrogens (primary N) is 1. The molecule has 0 bridgehead atoms. The van der Waals surface area contributed by atoms with Gasteiger partial charge in [-0.15, -0.1) is 0 Å². The molecule has 1 rings (SSSR count). The Morgan fingerprint density at radius 1 is 1.55 bits per heavy atom. The van der Waals surface area contributed by atoms with Gasteiger partial charge in [-0.25, -0.2) is 0 Å². The SMILES string of the molecule is C[C@H](CN)C(=O)N1CCCC1. The van der Waals surface area contributed by atoms with Gasteiger partial charge in [0.2, 0.25) is 5.91 Å². The molecule has 1 fully saturated rings. The van der Waals surface area contributed by atoms with E-state index in [1.54, 1.807) is 0 Å². The number of hydrogen-bond donors (Lipinski definition) is 1. The van der Waals surface area contributed by atoms with Gasteiger partial charge in [0, 0.05) is 25.6 Å². The summed E-state index contributed by atoms with van der Waals surface area (Å²) in [6.45, 7) is 4.22. The molecule has 1 atom stereocenters. The van der Waals surface area contributed by atoms with E-state index < -0.39 is 0 Å². The van der Waals surface area contributed by atoms with Crippen molar-refractivity contribution in [3.8, 4) is 0 Å². The molecule has 0 unspecified atom stereocenters. The first-order valence-corrected chi connectivity index (χ1v) is 4.24. The van der Waals surface area contributed by atoms with Crippen molar-refractivity contribution >= 4 is 5.91 Å². The van der Waals surface area contributed by atoms with E-state index in [1.165, 1.54) is 0 Å². The Balaban J connectivity index is 2.39. The van der Waals surface area contributed by atoms with Crippen molar-refractivity contribution in [1.82, 2.24) is 4.90 Å². The van der Waals surface area contributed by atoms with Crippen molar-refractivity contribution in [1.29, 1.82) is 0 Å². The molecule has 1 amide bonds. The van der Waals surface area contributed by atoms with Crippen LogP contribution in [0, 0.1) is 5.92 Å². The number of amides is 1. The van der Waals surface area contributed by atoms with Crippen molar-refractivity contribution in [2.45, 2.75) is 19.8 Å². The van der Waals surface area contributed by atoms with E-state index in [-0.39, 0.29) is 11.8 Å². The average molecular weight is 156 g/mol. The van der Waals surface area contributed by atoms with Crippen LogP contribution in [0.5, 0.6) is 0 Å². The lowest BCUT2D eigenvalue weighted by molar-refractivity contribution is -0.133. The number of likely N-dealkylation sites (tertiary alicyclic amines) is 1. The minimum Gasteiger partial charge on any atom is -0.342 e. The van der Waals surface area contributed by atoms with Gasteiger partial charge >= 0.3 is 0 Å². The van der Waals surface area contributed by atoms with Crippen LogP contribution >= 0.6 is 0 Å². The zero-order chi connectivity index (χ0) is 8.27. The lowest BCUT2D eigenvalue weighted by Gasteiger charge is -2.18. The Morgan fingerprint density at radius 3 is 2.55 bits per heavy atom. The molecule has 1 aliphatic rings. The highest BCUT2D eigenvalue weighted by molar-refractivity contribution is 5.78. The predicted molar refractivity (Wildman–Crippen MR) is 44.0 cm³/mol. The maximum atomic E-state index is 11.4. The highest BCUT2D eigenvalue weighted by atomic mass is 16.2. The molecular weight excluding hydrogens is 140 g/mol. The molecule has 3 nitrogen and oxygen atoms in total. The van der Waals surface area contributed by atoms with Gasteiger partial charge in [-0.2, -0.15) is 0 Å². The van der Waals surface area contributed by atoms with E-state index in [2.05, 4.69) is 0 Å². The summed E-state index contributed by atoms with van der Waals surface area (Å²) in [5.41, 5.74) is 5.39. The molecule has 1 heterocycles. The molecule has 1 saturated heterocycles. The second-order valence-electron chi connectivity index (χ2n) is 3.17. The number of hydrogen-bond acceptors (Lipinski definition) is 2. The van der Waals surface area contributed by atoms with E-state index in [0.29, 0.717) is 6.54 Å². The van der Waals surface area contributed by atoms with Crippen LogP contribution in [0.3, 0.4) is 0 Å². The van der Waals surface area contributed by atoms with Gasteiger partial charge in [0.1, 0.15) is 0 Å². The summed E-state index contributed by atoms with van der Waals surface area (Å²) in [7, 11) is 0. The van der Waals surface area contributed by atoms with Crippen LogP contribution in [0.25, 0.3) is 0 Å². The van der Waals surface area contributed by atoms with Crippen molar-refractivity contribution in [3.63, 3.8) is 0 Å². The molecule has 0 aliphatic carbocycles. The van der Waals surface area contributed by atoms with Gasteiger partial charge in [0.15, 0.2) is 0 Å². The highest BCUT2D eigenvalue weighted by Crippen LogP contribution is 2.10. The highest BCUT2D eigenvalue weighted by Gasteiger charge is 2.21. The first kappa shape index (κ1) is 8.53. The monoisotopic (exact) mass is 156 g/mol. The van der Waals surface area contributed by atoms with Crippen LogP contribution in [0.15, 0.2) is 0 Å². The molecule has 0 aromatic heterocycles. The fraction of sp³-hybridized carbons (Fsp3) is 0.875. The Hall–Kier alpha value is -0.570. The topological polar surface area (TPSA) is 46.3 Å². The van der Waals surface area contributed by atoms with Crippen molar-refractivity contribution in [2.24, 2.45) is 11.7 Å². The zero-order valence-corrected chi connectivity index (χ0v) is 7.05. The van der Waals surface area contributed by atoms with E-state index in [9.17, 15) is 4.79 Å². The average Bonchev–Trinajstić information content (AvgIpc) is 2.53. The van der Waals surface area contributed by atoms with Crippen LogP contribution in [0.1, 0.15) is 19.8 Å². The smallest absolute Gasteiger partial charge is 0.226 e. The quantitative estimate of drug-likeness (QED) is 0.621. The summed E-state index contributed by atoms with van der Waals surface area (Å²) in [6, 6.07) is 0. The maximum Gasteiger partial charge on any atom is 0.226 e. The molecule has 0 aromatic rings. The zero-order valence-electron chi connectivity index (χ0n) is 7.05. The van der Waals surface area contributed by atoms with Crippen LogP contribution in [-0.2, 0) is 4.79 Å². The standard InChI is InChI=1S/C8H16N2O/c1-7(6-9)8(11)10-4-2-3-5-10/h7H,2-6,9H2,1H3/t7-/m1/s1. The summed E-state index contributed by atoms with van der Waals surface area (Å²) < 4.78 is 0. The van der Waals surface area contributed by atoms with E-state index >= 15 is 0 Å². The molecule has 0 radical (unpaired) electrons. The first-order valence-electron chi connectivity index (χ1n) is 4.24. The molecule has 0 spiro atoms. The largest absolute Gasteiger partial charge is 0.342 e. The van der Waals surface area contributed by atoms with Gasteiger partial charge in [-0.3, -0.25) is 4.79 Å². The van der Waals surface area contributed by atoms with E-state index in [1.807, 2.05) is 11.8 Å². The first-order chi connectivity index (χ1) is 5.25. The molecule has 11 heavy (non-hydrogen) atoms. The molecule has 2 N–H and O–H groups in total. The summed E-state index contributed by atoms with van der Waals surface area (Å²) >= 11 is 0. The summed E-state index contributed by atoms with van der Waals surface area (Å²) in [5, 5.41) is 0. The summed E-state index contributed by atoms with van der Waals surface area (Å²) in [6.07, 6.45) is 2.31. The molecule has 0 saturated carbocycles. The molecule has 0 aromatic carbocycles. The third-order valence-electron chi connectivity index (χ3n) is 2.19. The van der Waals surface area contributed by atoms with Gasteiger partial charge in [-0.05, 0) is 12.8 Å². The second kappa shape index (κ2) is 3.72. The van der Waals surface area contributed by atoms with Gasteiger partial charge in [0.05, 0.1) is 0 Å². The molecule has 1 aliphatic heterocycles. The Kier molecular flexibility index (Phi) is 2.88. The van der Waals surface area contributed by atoms with Crippen molar-refractivity contribution in [3.05, 3.63) is 0 Å². The van der Waals surface area contributed by atoms with Gasteiger partial charge in [-0.1, -0.05) is 6.92 Å². The molecular formula is C8H16N2O. The third kappa shape index (κ3) is 1.93. The van der Waals surface area contributed by atoms with Crippen LogP contribution in [0.4, 0.5) is 0 Å². The lowest BCUT2D eigenvalue weighted by atomic mass is 10.1. The summed E-state index contributed by atoms with van der Waals surface area (Å²) in [4.78, 5) is 13.3. The Labute approximate surface area is 67.5 Å². The molecule has 3 heteroatoms. The number of carbonyl (C=O) groups is 1. The number of carbonyl (C=O) groups excluding carboxylic acids is 1.